The van der Waals surface area contributed by atoms with E-state index in [2.05, 4.69) is 51.4 Å². The molecule has 0 aliphatic carbocycles. The minimum atomic E-state index is -0.509. The van der Waals surface area contributed by atoms with Gasteiger partial charge in [0.1, 0.15) is 0 Å². The zero-order valence-corrected chi connectivity index (χ0v) is 14.1. The molecule has 7 nitrogen and oxygen atoms in total. The van der Waals surface area contributed by atoms with Crippen molar-refractivity contribution in [1.29, 1.82) is 0 Å². The van der Waals surface area contributed by atoms with Gasteiger partial charge in [-0.3, -0.25) is 5.10 Å². The lowest BCUT2D eigenvalue weighted by Gasteiger charge is -2.15. The average Bonchev–Trinajstić information content (AvgIpc) is 3.14. The molecule has 8 heteroatoms. The largest absolute Gasteiger partial charge is 0.353 e. The van der Waals surface area contributed by atoms with E-state index in [1.165, 1.54) is 0 Å². The standard InChI is InChI=1S/C17H17FN6O/c1-17(2,3)8-11-9-4-5-10(12(18)14(9)25-24-11)21-16-13-15(22-23-16)20-7-6-19-13/h4-7H,8H2,1-3H3,(H2,20,21,22,23). The van der Waals surface area contributed by atoms with Gasteiger partial charge in [-0.25, -0.2) is 14.4 Å². The van der Waals surface area contributed by atoms with Crippen LogP contribution >= 0.6 is 0 Å². The highest BCUT2D eigenvalue weighted by Crippen LogP contribution is 2.32. The van der Waals surface area contributed by atoms with Crippen molar-refractivity contribution in [3.8, 4) is 0 Å². The van der Waals surface area contributed by atoms with E-state index in [1.807, 2.05) is 0 Å². The van der Waals surface area contributed by atoms with Crippen molar-refractivity contribution in [2.75, 3.05) is 5.32 Å². The van der Waals surface area contributed by atoms with E-state index < -0.39 is 5.82 Å². The monoisotopic (exact) mass is 340 g/mol. The highest BCUT2D eigenvalue weighted by molar-refractivity contribution is 5.88. The predicted molar refractivity (Wildman–Crippen MR) is 92.1 cm³/mol. The quantitative estimate of drug-likeness (QED) is 0.586. The number of benzene rings is 1. The van der Waals surface area contributed by atoms with Crippen LogP contribution < -0.4 is 5.32 Å². The van der Waals surface area contributed by atoms with Crippen molar-refractivity contribution >= 4 is 33.6 Å². The summed E-state index contributed by atoms with van der Waals surface area (Å²) < 4.78 is 20.1. The van der Waals surface area contributed by atoms with Crippen LogP contribution in [-0.4, -0.2) is 25.3 Å². The molecule has 0 saturated heterocycles. The molecule has 0 unspecified atom stereocenters. The van der Waals surface area contributed by atoms with Crippen LogP contribution in [0, 0.1) is 11.2 Å². The lowest BCUT2D eigenvalue weighted by Crippen LogP contribution is -2.09. The number of anilines is 2. The summed E-state index contributed by atoms with van der Waals surface area (Å²) >= 11 is 0. The number of nitrogens with one attached hydrogen (secondary N) is 2. The minimum absolute atomic E-state index is 0.0316. The first-order valence-electron chi connectivity index (χ1n) is 7.91. The summed E-state index contributed by atoms with van der Waals surface area (Å²) in [6, 6.07) is 3.46. The van der Waals surface area contributed by atoms with Crippen LogP contribution in [0.1, 0.15) is 26.5 Å². The third-order valence-electron chi connectivity index (χ3n) is 3.80. The molecule has 0 fully saturated rings. The summed E-state index contributed by atoms with van der Waals surface area (Å²) in [5.74, 6) is -0.110. The molecule has 1 aromatic carbocycles. The smallest absolute Gasteiger partial charge is 0.204 e. The van der Waals surface area contributed by atoms with E-state index in [4.69, 9.17) is 4.52 Å². The summed E-state index contributed by atoms with van der Waals surface area (Å²) in [6.45, 7) is 6.30. The Morgan fingerprint density at radius 1 is 1.20 bits per heavy atom. The van der Waals surface area contributed by atoms with E-state index in [0.29, 0.717) is 28.8 Å². The molecule has 0 aliphatic rings. The molecule has 3 heterocycles. The first-order valence-corrected chi connectivity index (χ1v) is 7.91. The van der Waals surface area contributed by atoms with Gasteiger partial charge in [0.25, 0.3) is 0 Å². The van der Waals surface area contributed by atoms with E-state index in [-0.39, 0.29) is 16.7 Å². The molecule has 0 radical (unpaired) electrons. The summed E-state index contributed by atoms with van der Waals surface area (Å²) in [7, 11) is 0. The van der Waals surface area contributed by atoms with Crippen LogP contribution in [0.25, 0.3) is 22.1 Å². The van der Waals surface area contributed by atoms with Crippen LogP contribution in [0.3, 0.4) is 0 Å². The van der Waals surface area contributed by atoms with Gasteiger partial charge in [0.15, 0.2) is 22.8 Å². The molecular formula is C17H17FN6O. The van der Waals surface area contributed by atoms with Gasteiger partial charge in [0, 0.05) is 17.8 Å². The number of H-pyrrole nitrogens is 1. The lowest BCUT2D eigenvalue weighted by molar-refractivity contribution is 0.379. The third-order valence-corrected chi connectivity index (χ3v) is 3.80. The zero-order valence-electron chi connectivity index (χ0n) is 14.1. The van der Waals surface area contributed by atoms with E-state index >= 15 is 0 Å². The maximum Gasteiger partial charge on any atom is 0.204 e. The Balaban J connectivity index is 1.73. The highest BCUT2D eigenvalue weighted by Gasteiger charge is 2.21. The van der Waals surface area contributed by atoms with Gasteiger partial charge in [-0.2, -0.15) is 5.10 Å². The van der Waals surface area contributed by atoms with Gasteiger partial charge in [0.05, 0.1) is 11.4 Å². The second kappa shape index (κ2) is 5.51. The molecule has 128 valence electrons. The number of rotatable bonds is 3. The Hall–Kier alpha value is -3.03. The number of fused-ring (bicyclic) bond motifs is 2. The van der Waals surface area contributed by atoms with Crippen LogP contribution in [0.15, 0.2) is 29.0 Å². The molecule has 2 N–H and O–H groups in total. The molecule has 0 atom stereocenters. The summed E-state index contributed by atoms with van der Waals surface area (Å²) in [6.07, 6.45) is 3.81. The van der Waals surface area contributed by atoms with E-state index in [1.54, 1.807) is 24.5 Å². The van der Waals surface area contributed by atoms with E-state index in [9.17, 15) is 4.39 Å². The molecule has 4 rings (SSSR count). The number of aromatic amines is 1. The molecule has 0 aliphatic heterocycles. The summed E-state index contributed by atoms with van der Waals surface area (Å²) in [5, 5.41) is 14.5. The number of hydrogen-bond donors (Lipinski definition) is 2. The molecule has 25 heavy (non-hydrogen) atoms. The van der Waals surface area contributed by atoms with Crippen LogP contribution in [-0.2, 0) is 6.42 Å². The lowest BCUT2D eigenvalue weighted by atomic mass is 9.89. The third kappa shape index (κ3) is 2.79. The fourth-order valence-electron chi connectivity index (χ4n) is 2.72. The Kier molecular flexibility index (Phi) is 3.41. The highest BCUT2D eigenvalue weighted by atomic mass is 19.1. The molecule has 3 aromatic heterocycles. The second-order valence-electron chi connectivity index (χ2n) is 7.12. The molecule has 4 aromatic rings. The van der Waals surface area contributed by atoms with Crippen molar-refractivity contribution in [2.45, 2.75) is 27.2 Å². The molecule has 0 bridgehead atoms. The predicted octanol–water partition coefficient (Wildman–Crippen LogP) is 3.97. The zero-order chi connectivity index (χ0) is 17.6. The van der Waals surface area contributed by atoms with Gasteiger partial charge in [-0.15, -0.1) is 0 Å². The molecule has 0 amide bonds. The Morgan fingerprint density at radius 2 is 2.00 bits per heavy atom. The van der Waals surface area contributed by atoms with Gasteiger partial charge in [0.2, 0.25) is 5.58 Å². The van der Waals surface area contributed by atoms with E-state index in [0.717, 1.165) is 5.69 Å². The summed E-state index contributed by atoms with van der Waals surface area (Å²) in [5.41, 5.74) is 2.22. The number of nitrogens with zero attached hydrogens (tertiary/aromatic N) is 4. The first kappa shape index (κ1) is 15.5. The van der Waals surface area contributed by atoms with Gasteiger partial charge >= 0.3 is 0 Å². The van der Waals surface area contributed by atoms with Crippen molar-refractivity contribution in [2.24, 2.45) is 5.41 Å². The van der Waals surface area contributed by atoms with Gasteiger partial charge in [-0.05, 0) is 24.0 Å². The average molecular weight is 340 g/mol. The fraction of sp³-hybridized carbons (Fsp3) is 0.294. The van der Waals surface area contributed by atoms with Crippen LogP contribution in [0.4, 0.5) is 15.9 Å². The normalized spacial score (nSPS) is 12.2. The van der Waals surface area contributed by atoms with Crippen molar-refractivity contribution in [1.82, 2.24) is 25.3 Å². The molecular weight excluding hydrogens is 323 g/mol. The van der Waals surface area contributed by atoms with Crippen LogP contribution in [0.5, 0.6) is 0 Å². The topological polar surface area (TPSA) is 92.5 Å². The van der Waals surface area contributed by atoms with Crippen LogP contribution in [0.2, 0.25) is 0 Å². The maximum absolute atomic E-state index is 14.8. The Bertz CT molecular complexity index is 1060. The van der Waals surface area contributed by atoms with Crippen molar-refractivity contribution in [3.05, 3.63) is 36.0 Å². The molecule has 0 spiro atoms. The van der Waals surface area contributed by atoms with Gasteiger partial charge < -0.3 is 9.84 Å². The molecule has 0 saturated carbocycles. The maximum atomic E-state index is 14.8. The number of halogens is 1. The van der Waals surface area contributed by atoms with Crippen molar-refractivity contribution in [3.63, 3.8) is 0 Å². The Morgan fingerprint density at radius 3 is 2.80 bits per heavy atom. The first-order chi connectivity index (χ1) is 11.9. The van der Waals surface area contributed by atoms with Crippen molar-refractivity contribution < 1.29 is 8.91 Å². The minimum Gasteiger partial charge on any atom is -0.353 e. The summed E-state index contributed by atoms with van der Waals surface area (Å²) in [4.78, 5) is 8.31. The Labute approximate surface area is 142 Å². The van der Waals surface area contributed by atoms with Gasteiger partial charge in [-0.1, -0.05) is 25.9 Å². The number of hydrogen-bond acceptors (Lipinski definition) is 6. The second-order valence-corrected chi connectivity index (χ2v) is 7.12. The number of aromatic nitrogens is 5. The SMILES string of the molecule is CC(C)(C)Cc1noc2c(F)c(Nc3n[nH]c4nccnc34)ccc12. The fourth-order valence-corrected chi connectivity index (χ4v) is 2.72.